The molecule has 4 nitrogen and oxygen atoms in total. The molecule has 112 valence electrons. The van der Waals surface area contributed by atoms with Crippen molar-refractivity contribution in [2.45, 2.75) is 26.2 Å². The third kappa shape index (κ3) is 4.39. The molecule has 0 aliphatic rings. The van der Waals surface area contributed by atoms with Crippen molar-refractivity contribution in [3.05, 3.63) is 36.2 Å². The van der Waals surface area contributed by atoms with Crippen LogP contribution in [0.15, 0.2) is 30.6 Å². The van der Waals surface area contributed by atoms with Crippen LogP contribution in [-0.4, -0.2) is 28.3 Å². The van der Waals surface area contributed by atoms with Crippen LogP contribution in [0.4, 0.5) is 0 Å². The van der Waals surface area contributed by atoms with Crippen LogP contribution in [0.2, 0.25) is 0 Å². The number of benzene rings is 1. The van der Waals surface area contributed by atoms with Crippen LogP contribution >= 0.6 is 11.6 Å². The first-order chi connectivity index (χ1) is 10.2. The lowest BCUT2D eigenvalue weighted by molar-refractivity contribution is 0.0946. The quantitative estimate of drug-likeness (QED) is 0.798. The first-order valence-corrected chi connectivity index (χ1v) is 7.83. The molecule has 0 aliphatic heterocycles. The van der Waals surface area contributed by atoms with Gasteiger partial charge in [0.25, 0.3) is 5.91 Å². The van der Waals surface area contributed by atoms with E-state index < -0.39 is 0 Å². The number of alkyl halides is 1. The molecule has 5 heteroatoms. The molecular formula is C16H20ClN3O. The van der Waals surface area contributed by atoms with E-state index in [4.69, 9.17) is 11.6 Å². The zero-order valence-electron chi connectivity index (χ0n) is 12.2. The van der Waals surface area contributed by atoms with E-state index in [0.29, 0.717) is 23.9 Å². The summed E-state index contributed by atoms with van der Waals surface area (Å²) in [7, 11) is 0. The molecule has 0 bridgehead atoms. The summed E-state index contributed by atoms with van der Waals surface area (Å²) in [5, 5.41) is 2.99. The molecule has 0 saturated carbocycles. The van der Waals surface area contributed by atoms with Crippen LogP contribution in [-0.2, 0) is 0 Å². The van der Waals surface area contributed by atoms with E-state index >= 15 is 0 Å². The number of nitrogens with one attached hydrogen (secondary N) is 1. The average molecular weight is 306 g/mol. The lowest BCUT2D eigenvalue weighted by atomic mass is 10.0. The summed E-state index contributed by atoms with van der Waals surface area (Å²) in [6.45, 7) is 2.81. The molecule has 2 rings (SSSR count). The van der Waals surface area contributed by atoms with Crippen LogP contribution in [0.1, 0.15) is 36.5 Å². The molecule has 0 spiro atoms. The molecule has 0 saturated heterocycles. The summed E-state index contributed by atoms with van der Waals surface area (Å²) >= 11 is 5.80. The van der Waals surface area contributed by atoms with Gasteiger partial charge in [-0.3, -0.25) is 14.8 Å². The van der Waals surface area contributed by atoms with Crippen molar-refractivity contribution < 1.29 is 4.79 Å². The molecule has 1 N–H and O–H groups in total. The monoisotopic (exact) mass is 305 g/mol. The fourth-order valence-corrected chi connectivity index (χ4v) is 2.66. The highest BCUT2D eigenvalue weighted by atomic mass is 35.5. The zero-order valence-corrected chi connectivity index (χ0v) is 12.9. The lowest BCUT2D eigenvalue weighted by Crippen LogP contribution is -2.29. The highest BCUT2D eigenvalue weighted by Crippen LogP contribution is 2.13. The van der Waals surface area contributed by atoms with Gasteiger partial charge < -0.3 is 5.32 Å². The van der Waals surface area contributed by atoms with Gasteiger partial charge in [-0.25, -0.2) is 0 Å². The van der Waals surface area contributed by atoms with Gasteiger partial charge >= 0.3 is 0 Å². The second-order valence-corrected chi connectivity index (χ2v) is 5.48. The van der Waals surface area contributed by atoms with Crippen molar-refractivity contribution in [2.24, 2.45) is 5.92 Å². The van der Waals surface area contributed by atoms with Gasteiger partial charge in [-0.2, -0.15) is 0 Å². The van der Waals surface area contributed by atoms with Gasteiger partial charge in [-0.1, -0.05) is 13.3 Å². The Labute approximate surface area is 129 Å². The highest BCUT2D eigenvalue weighted by Gasteiger charge is 2.11. The van der Waals surface area contributed by atoms with Crippen LogP contribution < -0.4 is 5.32 Å². The maximum absolute atomic E-state index is 12.2. The maximum atomic E-state index is 12.2. The van der Waals surface area contributed by atoms with Crippen molar-refractivity contribution in [3.8, 4) is 0 Å². The number of hydrogen-bond acceptors (Lipinski definition) is 3. The topological polar surface area (TPSA) is 54.9 Å². The molecule has 0 fully saturated rings. The molecule has 1 unspecified atom stereocenters. The van der Waals surface area contributed by atoms with Crippen molar-refractivity contribution in [2.75, 3.05) is 12.4 Å². The zero-order chi connectivity index (χ0) is 15.1. The number of nitrogens with zero attached hydrogens (tertiary/aromatic N) is 2. The summed E-state index contributed by atoms with van der Waals surface area (Å²) < 4.78 is 0. The standard InChI is InChI=1S/C16H20ClN3O/c1-2-3-12(6-7-17)11-20-16(21)13-4-5-14-15(10-13)19-9-8-18-14/h4-5,8-10,12H,2-3,6-7,11H2,1H3,(H,20,21). The Morgan fingerprint density at radius 1 is 1.24 bits per heavy atom. The summed E-state index contributed by atoms with van der Waals surface area (Å²) in [4.78, 5) is 20.6. The van der Waals surface area contributed by atoms with Crippen molar-refractivity contribution in [1.82, 2.24) is 15.3 Å². The van der Waals surface area contributed by atoms with Crippen LogP contribution in [0.5, 0.6) is 0 Å². The number of halogens is 1. The van der Waals surface area contributed by atoms with Gasteiger partial charge in [0.2, 0.25) is 0 Å². The lowest BCUT2D eigenvalue weighted by Gasteiger charge is -2.15. The highest BCUT2D eigenvalue weighted by molar-refractivity contribution is 6.17. The predicted octanol–water partition coefficient (Wildman–Crippen LogP) is 3.40. The Morgan fingerprint density at radius 3 is 2.71 bits per heavy atom. The van der Waals surface area contributed by atoms with Crippen molar-refractivity contribution >= 4 is 28.5 Å². The smallest absolute Gasteiger partial charge is 0.251 e. The van der Waals surface area contributed by atoms with Crippen LogP contribution in [0.3, 0.4) is 0 Å². The molecule has 1 aromatic carbocycles. The molecule has 1 heterocycles. The van der Waals surface area contributed by atoms with Gasteiger partial charge in [-0.15, -0.1) is 11.6 Å². The number of rotatable bonds is 7. The van der Waals surface area contributed by atoms with E-state index in [1.807, 2.05) is 6.07 Å². The van der Waals surface area contributed by atoms with Crippen molar-refractivity contribution in [3.63, 3.8) is 0 Å². The Morgan fingerprint density at radius 2 is 2.00 bits per heavy atom. The molecule has 21 heavy (non-hydrogen) atoms. The molecule has 0 radical (unpaired) electrons. The second-order valence-electron chi connectivity index (χ2n) is 5.10. The number of hydrogen-bond donors (Lipinski definition) is 1. The Balaban J connectivity index is 2.01. The minimum Gasteiger partial charge on any atom is -0.352 e. The minimum absolute atomic E-state index is 0.0711. The van der Waals surface area contributed by atoms with E-state index in [0.717, 1.165) is 30.3 Å². The third-order valence-electron chi connectivity index (χ3n) is 3.50. The molecule has 1 amide bonds. The number of fused-ring (bicyclic) bond motifs is 1. The van der Waals surface area contributed by atoms with Crippen LogP contribution in [0.25, 0.3) is 11.0 Å². The van der Waals surface area contributed by atoms with E-state index in [1.165, 1.54) is 0 Å². The third-order valence-corrected chi connectivity index (χ3v) is 3.72. The van der Waals surface area contributed by atoms with Crippen LogP contribution in [0, 0.1) is 5.92 Å². The Bertz CT molecular complexity index is 597. The van der Waals surface area contributed by atoms with E-state index in [1.54, 1.807) is 24.5 Å². The van der Waals surface area contributed by atoms with Gasteiger partial charge in [0.05, 0.1) is 11.0 Å². The molecule has 1 atom stereocenters. The normalized spacial score (nSPS) is 12.3. The predicted molar refractivity (Wildman–Crippen MR) is 85.6 cm³/mol. The molecule has 2 aromatic rings. The van der Waals surface area contributed by atoms with Crippen molar-refractivity contribution in [1.29, 1.82) is 0 Å². The van der Waals surface area contributed by atoms with Gasteiger partial charge in [0.1, 0.15) is 0 Å². The largest absolute Gasteiger partial charge is 0.352 e. The van der Waals surface area contributed by atoms with Gasteiger partial charge in [-0.05, 0) is 37.0 Å². The number of carbonyl (C=O) groups is 1. The maximum Gasteiger partial charge on any atom is 0.251 e. The SMILES string of the molecule is CCCC(CCCl)CNC(=O)c1ccc2nccnc2c1. The molecule has 0 aliphatic carbocycles. The van der Waals surface area contributed by atoms with E-state index in [2.05, 4.69) is 22.2 Å². The number of amides is 1. The summed E-state index contributed by atoms with van der Waals surface area (Å²) in [6, 6.07) is 5.37. The average Bonchev–Trinajstić information content (AvgIpc) is 2.52. The molecule has 1 aromatic heterocycles. The number of carbonyl (C=O) groups excluding carboxylic acids is 1. The second kappa shape index (κ2) is 7.93. The minimum atomic E-state index is -0.0711. The Hall–Kier alpha value is -1.68. The van der Waals surface area contributed by atoms with Gasteiger partial charge in [0.15, 0.2) is 0 Å². The van der Waals surface area contributed by atoms with E-state index in [-0.39, 0.29) is 5.91 Å². The first-order valence-electron chi connectivity index (χ1n) is 7.29. The fourth-order valence-electron chi connectivity index (χ4n) is 2.35. The first kappa shape index (κ1) is 15.7. The number of aromatic nitrogens is 2. The van der Waals surface area contributed by atoms with E-state index in [9.17, 15) is 4.79 Å². The summed E-state index contributed by atoms with van der Waals surface area (Å²) in [6.07, 6.45) is 6.38. The summed E-state index contributed by atoms with van der Waals surface area (Å²) in [5.74, 6) is 1.00. The Kier molecular flexibility index (Phi) is 5.93. The summed E-state index contributed by atoms with van der Waals surface area (Å²) in [5.41, 5.74) is 2.14. The van der Waals surface area contributed by atoms with Gasteiger partial charge in [0, 0.05) is 30.4 Å². The fraction of sp³-hybridized carbons (Fsp3) is 0.438. The molecular weight excluding hydrogens is 286 g/mol.